The van der Waals surface area contributed by atoms with E-state index < -0.39 is 0 Å². The molecular formula is C19H20O3. The summed E-state index contributed by atoms with van der Waals surface area (Å²) in [5.74, 6) is 0.635. The van der Waals surface area contributed by atoms with Gasteiger partial charge in [0.25, 0.3) is 0 Å². The number of hydrogen-bond acceptors (Lipinski definition) is 3. The molecule has 114 valence electrons. The molecule has 1 aliphatic carbocycles. The lowest BCUT2D eigenvalue weighted by molar-refractivity contribution is 0.0599. The summed E-state index contributed by atoms with van der Waals surface area (Å²) < 4.78 is 10.3. The van der Waals surface area contributed by atoms with Gasteiger partial charge in [0.2, 0.25) is 0 Å². The van der Waals surface area contributed by atoms with Crippen molar-refractivity contribution in [1.29, 1.82) is 0 Å². The van der Waals surface area contributed by atoms with Crippen molar-refractivity contribution in [3.63, 3.8) is 0 Å². The van der Waals surface area contributed by atoms with E-state index in [-0.39, 0.29) is 5.97 Å². The molecule has 0 spiro atoms. The summed E-state index contributed by atoms with van der Waals surface area (Å²) in [5, 5.41) is 0. The molecule has 3 nitrogen and oxygen atoms in total. The Morgan fingerprint density at radius 2 is 1.95 bits per heavy atom. The number of aryl methyl sites for hydroxylation is 2. The van der Waals surface area contributed by atoms with Crippen LogP contribution in [0.15, 0.2) is 30.3 Å². The van der Waals surface area contributed by atoms with Crippen LogP contribution in [-0.4, -0.2) is 20.2 Å². The van der Waals surface area contributed by atoms with Crippen LogP contribution in [-0.2, 0) is 17.6 Å². The van der Waals surface area contributed by atoms with Crippen LogP contribution in [0.4, 0.5) is 0 Å². The molecule has 3 rings (SSSR count). The van der Waals surface area contributed by atoms with E-state index in [0.717, 1.165) is 36.1 Å². The maximum Gasteiger partial charge on any atom is 0.338 e. The summed E-state index contributed by atoms with van der Waals surface area (Å²) in [4.78, 5) is 12.1. The van der Waals surface area contributed by atoms with Crippen molar-refractivity contribution in [3.05, 3.63) is 52.6 Å². The van der Waals surface area contributed by atoms with Gasteiger partial charge in [-0.15, -0.1) is 0 Å². The third-order valence-corrected chi connectivity index (χ3v) is 4.35. The van der Waals surface area contributed by atoms with Gasteiger partial charge >= 0.3 is 5.97 Å². The molecular weight excluding hydrogens is 276 g/mol. The zero-order valence-corrected chi connectivity index (χ0v) is 13.2. The predicted molar refractivity (Wildman–Crippen MR) is 86.5 cm³/mol. The molecule has 0 saturated carbocycles. The SMILES string of the molecule is COC(=O)c1cccc2c1CCCc1cc(OC)cc(C)c1-2. The van der Waals surface area contributed by atoms with Gasteiger partial charge < -0.3 is 9.47 Å². The van der Waals surface area contributed by atoms with Crippen LogP contribution in [0.25, 0.3) is 11.1 Å². The normalized spacial score (nSPS) is 12.9. The first-order valence-corrected chi connectivity index (χ1v) is 7.53. The minimum absolute atomic E-state index is 0.258. The summed E-state index contributed by atoms with van der Waals surface area (Å²) in [6.45, 7) is 2.10. The number of methoxy groups -OCH3 is 2. The number of carbonyl (C=O) groups is 1. The van der Waals surface area contributed by atoms with Gasteiger partial charge in [-0.05, 0) is 72.2 Å². The molecule has 0 radical (unpaired) electrons. The lowest BCUT2D eigenvalue weighted by atomic mass is 9.90. The maximum absolute atomic E-state index is 12.1. The zero-order valence-electron chi connectivity index (χ0n) is 13.2. The van der Waals surface area contributed by atoms with Crippen LogP contribution >= 0.6 is 0 Å². The first-order valence-electron chi connectivity index (χ1n) is 7.53. The topological polar surface area (TPSA) is 35.5 Å². The maximum atomic E-state index is 12.1. The molecule has 2 aromatic carbocycles. The van der Waals surface area contributed by atoms with Gasteiger partial charge in [-0.1, -0.05) is 12.1 Å². The highest BCUT2D eigenvalue weighted by atomic mass is 16.5. The summed E-state index contributed by atoms with van der Waals surface area (Å²) in [6.07, 6.45) is 2.89. The summed E-state index contributed by atoms with van der Waals surface area (Å²) in [6, 6.07) is 10.1. The first kappa shape index (κ1) is 14.6. The van der Waals surface area contributed by atoms with Gasteiger partial charge in [0.05, 0.1) is 19.8 Å². The number of fused-ring (bicyclic) bond motifs is 3. The Morgan fingerprint density at radius 3 is 2.68 bits per heavy atom. The fourth-order valence-electron chi connectivity index (χ4n) is 3.37. The van der Waals surface area contributed by atoms with Crippen LogP contribution < -0.4 is 4.74 Å². The van der Waals surface area contributed by atoms with Gasteiger partial charge in [-0.25, -0.2) is 4.79 Å². The van der Waals surface area contributed by atoms with Crippen molar-refractivity contribution >= 4 is 5.97 Å². The highest BCUT2D eigenvalue weighted by Gasteiger charge is 2.22. The molecule has 0 atom stereocenters. The average Bonchev–Trinajstić information content (AvgIpc) is 2.73. The van der Waals surface area contributed by atoms with Gasteiger partial charge in [-0.2, -0.15) is 0 Å². The summed E-state index contributed by atoms with van der Waals surface area (Å²) in [5.41, 5.74) is 6.64. The van der Waals surface area contributed by atoms with E-state index in [0.29, 0.717) is 5.56 Å². The summed E-state index contributed by atoms with van der Waals surface area (Å²) in [7, 11) is 3.13. The molecule has 0 bridgehead atoms. The fraction of sp³-hybridized carbons (Fsp3) is 0.316. The van der Waals surface area contributed by atoms with Crippen molar-refractivity contribution in [1.82, 2.24) is 0 Å². The number of hydrogen-bond donors (Lipinski definition) is 0. The monoisotopic (exact) mass is 296 g/mol. The lowest BCUT2D eigenvalue weighted by Crippen LogP contribution is -2.06. The number of carbonyl (C=O) groups excluding carboxylic acids is 1. The molecule has 3 heteroatoms. The quantitative estimate of drug-likeness (QED) is 0.787. The van der Waals surface area contributed by atoms with Crippen LogP contribution in [0.2, 0.25) is 0 Å². The van der Waals surface area contributed by atoms with Gasteiger partial charge in [0.1, 0.15) is 5.75 Å². The highest BCUT2D eigenvalue weighted by Crippen LogP contribution is 2.38. The number of ether oxygens (including phenoxy) is 2. The Hall–Kier alpha value is -2.29. The third kappa shape index (κ3) is 2.37. The van der Waals surface area contributed by atoms with E-state index in [9.17, 15) is 4.79 Å². The second kappa shape index (κ2) is 5.84. The smallest absolute Gasteiger partial charge is 0.338 e. The molecule has 0 unspecified atom stereocenters. The van der Waals surface area contributed by atoms with Crippen LogP contribution in [0.3, 0.4) is 0 Å². The standard InChI is InChI=1S/C19H20O3/c1-12-10-14(21-2)11-13-6-4-7-15-16(18(12)13)8-5-9-17(15)19(20)22-3/h5,8-11H,4,6-7H2,1-3H3. The van der Waals surface area contributed by atoms with Crippen molar-refractivity contribution in [2.24, 2.45) is 0 Å². The van der Waals surface area contributed by atoms with E-state index in [2.05, 4.69) is 25.1 Å². The number of rotatable bonds is 2. The van der Waals surface area contributed by atoms with Crippen molar-refractivity contribution < 1.29 is 14.3 Å². The lowest BCUT2D eigenvalue weighted by Gasteiger charge is -2.16. The Morgan fingerprint density at radius 1 is 1.14 bits per heavy atom. The second-order valence-electron chi connectivity index (χ2n) is 5.66. The predicted octanol–water partition coefficient (Wildman–Crippen LogP) is 3.95. The molecule has 0 saturated heterocycles. The van der Waals surface area contributed by atoms with E-state index in [1.54, 1.807) is 7.11 Å². The van der Waals surface area contributed by atoms with Crippen LogP contribution in [0, 0.1) is 6.92 Å². The average molecular weight is 296 g/mol. The molecule has 0 aliphatic heterocycles. The van der Waals surface area contributed by atoms with Gasteiger partial charge in [-0.3, -0.25) is 0 Å². The van der Waals surface area contributed by atoms with Crippen LogP contribution in [0.5, 0.6) is 5.75 Å². The fourth-order valence-corrected chi connectivity index (χ4v) is 3.37. The minimum atomic E-state index is -0.258. The van der Waals surface area contributed by atoms with Crippen molar-refractivity contribution in [3.8, 4) is 16.9 Å². The molecule has 0 fully saturated rings. The molecule has 0 N–H and O–H groups in total. The third-order valence-electron chi connectivity index (χ3n) is 4.35. The number of esters is 1. The van der Waals surface area contributed by atoms with Crippen LogP contribution in [0.1, 0.15) is 33.5 Å². The zero-order chi connectivity index (χ0) is 15.7. The largest absolute Gasteiger partial charge is 0.497 e. The van der Waals surface area contributed by atoms with E-state index in [1.807, 2.05) is 12.1 Å². The first-order chi connectivity index (χ1) is 10.7. The number of benzene rings is 2. The van der Waals surface area contributed by atoms with E-state index in [4.69, 9.17) is 9.47 Å². The van der Waals surface area contributed by atoms with Gasteiger partial charge in [0.15, 0.2) is 0 Å². The molecule has 0 amide bonds. The Labute approximate surface area is 130 Å². The Balaban J connectivity index is 2.25. The molecule has 0 aromatic heterocycles. The molecule has 0 heterocycles. The Kier molecular flexibility index (Phi) is 3.88. The second-order valence-corrected chi connectivity index (χ2v) is 5.66. The van der Waals surface area contributed by atoms with Crippen molar-refractivity contribution in [2.75, 3.05) is 14.2 Å². The molecule has 22 heavy (non-hydrogen) atoms. The van der Waals surface area contributed by atoms with Gasteiger partial charge in [0, 0.05) is 0 Å². The summed E-state index contributed by atoms with van der Waals surface area (Å²) >= 11 is 0. The highest BCUT2D eigenvalue weighted by molar-refractivity contribution is 5.94. The molecule has 2 aromatic rings. The Bertz CT molecular complexity index is 732. The minimum Gasteiger partial charge on any atom is -0.497 e. The van der Waals surface area contributed by atoms with E-state index in [1.165, 1.54) is 23.8 Å². The van der Waals surface area contributed by atoms with Crippen molar-refractivity contribution in [2.45, 2.75) is 26.2 Å². The molecule has 1 aliphatic rings. The van der Waals surface area contributed by atoms with E-state index >= 15 is 0 Å².